The van der Waals surface area contributed by atoms with E-state index in [4.69, 9.17) is 0 Å². The Bertz CT molecular complexity index is 760. The van der Waals surface area contributed by atoms with E-state index in [1.165, 1.54) is 12.1 Å². The van der Waals surface area contributed by atoms with Gasteiger partial charge in [0.15, 0.2) is 5.78 Å². The predicted molar refractivity (Wildman–Crippen MR) is 104 cm³/mol. The van der Waals surface area contributed by atoms with Gasteiger partial charge < -0.3 is 4.79 Å². The summed E-state index contributed by atoms with van der Waals surface area (Å²) in [6.07, 6.45) is 5.21. The van der Waals surface area contributed by atoms with Crippen LogP contribution in [-0.4, -0.2) is 36.1 Å². The minimum absolute atomic E-state index is 0.165. The third kappa shape index (κ3) is 4.89. The van der Waals surface area contributed by atoms with E-state index in [9.17, 15) is 14.0 Å². The molecule has 142 valence electrons. The molecule has 0 saturated carbocycles. The molecule has 3 unspecified atom stereocenters. The second-order valence-corrected chi connectivity index (χ2v) is 7.43. The number of ketones is 1. The summed E-state index contributed by atoms with van der Waals surface area (Å²) >= 11 is 0. The SMILES string of the molecule is CN1C(CC(=O)c2ccccc2)CCCC1CC(C=O)c1ccc(F)cc1. The number of hydrogen-bond acceptors (Lipinski definition) is 3. The number of piperidine rings is 1. The fraction of sp³-hybridized carbons (Fsp3) is 0.391. The molecule has 3 atom stereocenters. The van der Waals surface area contributed by atoms with Crippen molar-refractivity contribution in [2.45, 2.75) is 50.1 Å². The zero-order chi connectivity index (χ0) is 19.2. The topological polar surface area (TPSA) is 37.4 Å². The van der Waals surface area contributed by atoms with Gasteiger partial charge in [0.2, 0.25) is 0 Å². The Balaban J connectivity index is 1.65. The Hall–Kier alpha value is -2.33. The molecule has 27 heavy (non-hydrogen) atoms. The molecule has 1 aliphatic heterocycles. The lowest BCUT2D eigenvalue weighted by Gasteiger charge is -2.40. The van der Waals surface area contributed by atoms with Crippen molar-refractivity contribution < 1.29 is 14.0 Å². The van der Waals surface area contributed by atoms with Crippen molar-refractivity contribution in [1.29, 1.82) is 0 Å². The molecule has 0 aromatic heterocycles. The van der Waals surface area contributed by atoms with E-state index in [0.717, 1.165) is 36.7 Å². The van der Waals surface area contributed by atoms with Crippen LogP contribution in [0.2, 0.25) is 0 Å². The maximum atomic E-state index is 13.2. The van der Waals surface area contributed by atoms with Gasteiger partial charge in [0.05, 0.1) is 0 Å². The third-order valence-electron chi connectivity index (χ3n) is 5.73. The zero-order valence-corrected chi connectivity index (χ0v) is 15.7. The van der Waals surface area contributed by atoms with Crippen molar-refractivity contribution >= 4 is 12.1 Å². The van der Waals surface area contributed by atoms with Crippen LogP contribution >= 0.6 is 0 Å². The summed E-state index contributed by atoms with van der Waals surface area (Å²) < 4.78 is 13.2. The number of Topliss-reactive ketones (excluding diaryl/α,β-unsaturated/α-hetero) is 1. The van der Waals surface area contributed by atoms with Gasteiger partial charge in [0, 0.05) is 30.0 Å². The number of nitrogens with zero attached hydrogens (tertiary/aromatic N) is 1. The first-order valence-electron chi connectivity index (χ1n) is 9.59. The van der Waals surface area contributed by atoms with Crippen molar-refractivity contribution in [2.24, 2.45) is 0 Å². The van der Waals surface area contributed by atoms with E-state index in [1.54, 1.807) is 12.1 Å². The Morgan fingerprint density at radius 1 is 1.11 bits per heavy atom. The maximum absolute atomic E-state index is 13.2. The first-order chi connectivity index (χ1) is 13.1. The molecule has 4 heteroatoms. The summed E-state index contributed by atoms with van der Waals surface area (Å²) in [5.74, 6) is -0.377. The normalized spacial score (nSPS) is 21.6. The number of halogens is 1. The van der Waals surface area contributed by atoms with Gasteiger partial charge in [-0.3, -0.25) is 9.69 Å². The fourth-order valence-corrected chi connectivity index (χ4v) is 4.05. The van der Waals surface area contributed by atoms with Gasteiger partial charge in [-0.25, -0.2) is 4.39 Å². The smallest absolute Gasteiger partial charge is 0.164 e. The van der Waals surface area contributed by atoms with Crippen LogP contribution in [0, 0.1) is 5.82 Å². The van der Waals surface area contributed by atoms with Gasteiger partial charge in [-0.15, -0.1) is 0 Å². The van der Waals surface area contributed by atoms with Gasteiger partial charge in [0.25, 0.3) is 0 Å². The average molecular weight is 367 g/mol. The largest absolute Gasteiger partial charge is 0.303 e. The Kier molecular flexibility index (Phi) is 6.51. The average Bonchev–Trinajstić information content (AvgIpc) is 2.70. The molecule has 2 aromatic rings. The zero-order valence-electron chi connectivity index (χ0n) is 15.7. The van der Waals surface area contributed by atoms with Gasteiger partial charge in [-0.1, -0.05) is 48.9 Å². The number of likely N-dealkylation sites (tertiary alicyclic amines) is 1. The van der Waals surface area contributed by atoms with Crippen LogP contribution in [0.15, 0.2) is 54.6 Å². The van der Waals surface area contributed by atoms with Crippen LogP contribution in [0.5, 0.6) is 0 Å². The monoisotopic (exact) mass is 367 g/mol. The van der Waals surface area contributed by atoms with Crippen LogP contribution in [0.25, 0.3) is 0 Å². The van der Waals surface area contributed by atoms with Crippen LogP contribution in [0.3, 0.4) is 0 Å². The Morgan fingerprint density at radius 2 is 1.78 bits per heavy atom. The Morgan fingerprint density at radius 3 is 2.44 bits per heavy atom. The quantitative estimate of drug-likeness (QED) is 0.529. The van der Waals surface area contributed by atoms with E-state index in [1.807, 2.05) is 30.3 Å². The summed E-state index contributed by atoms with van der Waals surface area (Å²) in [4.78, 5) is 26.5. The molecule has 1 heterocycles. The highest BCUT2D eigenvalue weighted by Gasteiger charge is 2.31. The summed E-state index contributed by atoms with van der Waals surface area (Å²) in [6, 6.07) is 16.0. The predicted octanol–water partition coefficient (Wildman–Crippen LogP) is 4.62. The molecule has 0 bridgehead atoms. The molecule has 0 amide bonds. The maximum Gasteiger partial charge on any atom is 0.164 e. The molecule has 0 N–H and O–H groups in total. The highest BCUT2D eigenvalue weighted by Crippen LogP contribution is 2.31. The number of hydrogen-bond donors (Lipinski definition) is 0. The van der Waals surface area contributed by atoms with E-state index in [-0.39, 0.29) is 29.6 Å². The lowest BCUT2D eigenvalue weighted by atomic mass is 9.85. The Labute approximate surface area is 160 Å². The summed E-state index contributed by atoms with van der Waals surface area (Å²) in [7, 11) is 2.05. The van der Waals surface area contributed by atoms with Crippen molar-refractivity contribution in [3.05, 3.63) is 71.5 Å². The van der Waals surface area contributed by atoms with Crippen molar-refractivity contribution in [3.63, 3.8) is 0 Å². The van der Waals surface area contributed by atoms with Crippen LogP contribution in [0.1, 0.15) is 53.9 Å². The molecular weight excluding hydrogens is 341 g/mol. The number of carbonyl (C=O) groups is 2. The van der Waals surface area contributed by atoms with Crippen molar-refractivity contribution in [1.82, 2.24) is 4.90 Å². The molecule has 1 saturated heterocycles. The van der Waals surface area contributed by atoms with Crippen LogP contribution in [0.4, 0.5) is 4.39 Å². The molecule has 0 aliphatic carbocycles. The van der Waals surface area contributed by atoms with Crippen LogP contribution in [-0.2, 0) is 4.79 Å². The molecular formula is C23H26FNO2. The van der Waals surface area contributed by atoms with Gasteiger partial charge in [-0.05, 0) is 44.0 Å². The van der Waals surface area contributed by atoms with Gasteiger partial charge >= 0.3 is 0 Å². The first-order valence-corrected chi connectivity index (χ1v) is 9.59. The summed E-state index contributed by atoms with van der Waals surface area (Å²) in [5, 5.41) is 0. The van der Waals surface area contributed by atoms with Crippen LogP contribution < -0.4 is 0 Å². The number of rotatable bonds is 7. The minimum Gasteiger partial charge on any atom is -0.303 e. The summed E-state index contributed by atoms with van der Waals surface area (Å²) in [5.41, 5.74) is 1.60. The standard InChI is InChI=1S/C23H26FNO2/c1-25-21(14-19(16-26)17-10-12-20(24)13-11-17)8-5-9-22(25)15-23(27)18-6-3-2-4-7-18/h2-4,6-7,10-13,16,19,21-22H,5,8-9,14-15H2,1H3. The number of aldehydes is 1. The third-order valence-corrected chi connectivity index (χ3v) is 5.73. The highest BCUT2D eigenvalue weighted by atomic mass is 19.1. The van der Waals surface area contributed by atoms with E-state index in [2.05, 4.69) is 11.9 Å². The van der Waals surface area contributed by atoms with Crippen molar-refractivity contribution in [2.75, 3.05) is 7.05 Å². The fourth-order valence-electron chi connectivity index (χ4n) is 4.05. The lowest BCUT2D eigenvalue weighted by molar-refractivity contribution is -0.109. The first kappa shape index (κ1) is 19.4. The number of benzene rings is 2. The lowest BCUT2D eigenvalue weighted by Crippen LogP contribution is -2.45. The second-order valence-electron chi connectivity index (χ2n) is 7.43. The minimum atomic E-state index is -0.294. The van der Waals surface area contributed by atoms with Crippen molar-refractivity contribution in [3.8, 4) is 0 Å². The van der Waals surface area contributed by atoms with E-state index < -0.39 is 0 Å². The van der Waals surface area contributed by atoms with E-state index >= 15 is 0 Å². The van der Waals surface area contributed by atoms with Gasteiger partial charge in [0.1, 0.15) is 12.1 Å². The molecule has 2 aromatic carbocycles. The highest BCUT2D eigenvalue weighted by molar-refractivity contribution is 5.96. The second kappa shape index (κ2) is 9.05. The molecule has 3 nitrogen and oxygen atoms in total. The molecule has 1 fully saturated rings. The van der Waals surface area contributed by atoms with Gasteiger partial charge in [-0.2, -0.15) is 0 Å². The molecule has 0 radical (unpaired) electrons. The van der Waals surface area contributed by atoms with E-state index in [0.29, 0.717) is 12.8 Å². The number of carbonyl (C=O) groups excluding carboxylic acids is 2. The molecule has 3 rings (SSSR count). The summed E-state index contributed by atoms with van der Waals surface area (Å²) in [6.45, 7) is 0. The molecule has 1 aliphatic rings. The molecule has 0 spiro atoms.